The van der Waals surface area contributed by atoms with E-state index in [1.807, 2.05) is 34.9 Å². The van der Waals surface area contributed by atoms with Gasteiger partial charge in [-0.2, -0.15) is 0 Å². The zero-order chi connectivity index (χ0) is 27.8. The third-order valence-electron chi connectivity index (χ3n) is 7.90. The molecular weight excluding hydrogens is 526 g/mol. The quantitative estimate of drug-likeness (QED) is 0.242. The first-order valence-electron chi connectivity index (χ1n) is 13.5. The molecule has 3 aromatic carbocycles. The Morgan fingerprint density at radius 3 is 2.45 bits per heavy atom. The van der Waals surface area contributed by atoms with Gasteiger partial charge in [0.2, 0.25) is 0 Å². The molecule has 0 radical (unpaired) electrons. The molecule has 5 aromatic rings. The maximum atomic E-state index is 13.7. The van der Waals surface area contributed by atoms with Gasteiger partial charge in [-0.1, -0.05) is 71.7 Å². The number of rotatable bonds is 6. The van der Waals surface area contributed by atoms with Crippen LogP contribution in [-0.2, 0) is 0 Å². The average Bonchev–Trinajstić information content (AvgIpc) is 3.38. The fourth-order valence-corrected chi connectivity index (χ4v) is 6.14. The molecule has 2 aromatic heterocycles. The number of aromatic nitrogens is 2. The van der Waals surface area contributed by atoms with Crippen molar-refractivity contribution in [1.82, 2.24) is 15.0 Å². The van der Waals surface area contributed by atoms with Gasteiger partial charge in [-0.15, -0.1) is 0 Å². The largest absolute Gasteiger partial charge is 0.360 e. The number of amides is 1. The van der Waals surface area contributed by atoms with Gasteiger partial charge >= 0.3 is 0 Å². The van der Waals surface area contributed by atoms with Crippen LogP contribution < -0.4 is 10.9 Å². The van der Waals surface area contributed by atoms with Gasteiger partial charge < -0.3 is 14.4 Å². The van der Waals surface area contributed by atoms with E-state index in [2.05, 4.69) is 10.5 Å². The van der Waals surface area contributed by atoms with Crippen molar-refractivity contribution in [1.29, 1.82) is 0 Å². The Balaban J connectivity index is 1.18. The topological polar surface area (TPSA) is 94.2 Å². The van der Waals surface area contributed by atoms with Gasteiger partial charge in [0, 0.05) is 34.7 Å². The van der Waals surface area contributed by atoms with Crippen molar-refractivity contribution in [2.24, 2.45) is 5.92 Å². The Morgan fingerprint density at radius 2 is 1.68 bits per heavy atom. The van der Waals surface area contributed by atoms with Crippen LogP contribution in [0.5, 0.6) is 0 Å². The van der Waals surface area contributed by atoms with Gasteiger partial charge in [-0.05, 0) is 56.4 Å². The van der Waals surface area contributed by atoms with Crippen molar-refractivity contribution < 1.29 is 14.1 Å². The molecule has 1 N–H and O–H groups in total. The SMILES string of the molecule is Cc1onc2c1c(=O)n([C@@H]1CCC[C@H](CNC(=O)c3ccc(C(=O)c4ccccc4)cc3)C1)c1cccc(Cl)c21. The summed E-state index contributed by atoms with van der Waals surface area (Å²) in [6.07, 6.45) is 3.51. The van der Waals surface area contributed by atoms with Crippen LogP contribution in [-0.4, -0.2) is 28.0 Å². The number of hydrogen-bond acceptors (Lipinski definition) is 5. The molecular formula is C32H28ClN3O4. The summed E-state index contributed by atoms with van der Waals surface area (Å²) in [5.41, 5.74) is 2.77. The van der Waals surface area contributed by atoms with Crippen LogP contribution in [0.25, 0.3) is 21.8 Å². The van der Waals surface area contributed by atoms with Crippen LogP contribution >= 0.6 is 11.6 Å². The smallest absolute Gasteiger partial charge is 0.264 e. The molecule has 8 heteroatoms. The van der Waals surface area contributed by atoms with E-state index in [1.54, 1.807) is 49.4 Å². The Bertz CT molecular complexity index is 1790. The van der Waals surface area contributed by atoms with Gasteiger partial charge in [-0.3, -0.25) is 14.4 Å². The van der Waals surface area contributed by atoms with Crippen molar-refractivity contribution >= 4 is 45.1 Å². The van der Waals surface area contributed by atoms with E-state index in [1.165, 1.54) is 0 Å². The molecule has 1 aliphatic rings. The van der Waals surface area contributed by atoms with Crippen molar-refractivity contribution in [3.63, 3.8) is 0 Å². The average molecular weight is 554 g/mol. The number of fused-ring (bicyclic) bond motifs is 3. The normalized spacial score (nSPS) is 17.2. The maximum Gasteiger partial charge on any atom is 0.264 e. The molecule has 1 fully saturated rings. The van der Waals surface area contributed by atoms with Crippen LogP contribution in [0.15, 0.2) is 82.1 Å². The summed E-state index contributed by atoms with van der Waals surface area (Å²) < 4.78 is 7.24. The van der Waals surface area contributed by atoms with Crippen molar-refractivity contribution in [3.05, 3.63) is 111 Å². The number of nitrogens with zero attached hydrogens (tertiary/aromatic N) is 2. The molecule has 0 aliphatic heterocycles. The molecule has 1 saturated carbocycles. The second kappa shape index (κ2) is 10.7. The summed E-state index contributed by atoms with van der Waals surface area (Å²) in [7, 11) is 0. The lowest BCUT2D eigenvalue weighted by Gasteiger charge is -2.31. The Hall–Kier alpha value is -4.23. The molecule has 0 bridgehead atoms. The number of nitrogens with one attached hydrogen (secondary N) is 1. The second-order valence-electron chi connectivity index (χ2n) is 10.4. The monoisotopic (exact) mass is 553 g/mol. The molecule has 0 unspecified atom stereocenters. The number of carbonyl (C=O) groups is 2. The van der Waals surface area contributed by atoms with Gasteiger partial charge in [-0.25, -0.2) is 0 Å². The van der Waals surface area contributed by atoms with E-state index >= 15 is 0 Å². The van der Waals surface area contributed by atoms with Gasteiger partial charge in [0.1, 0.15) is 16.7 Å². The number of aryl methyl sites for hydroxylation is 1. The van der Waals surface area contributed by atoms with E-state index in [0.717, 1.165) is 36.6 Å². The fourth-order valence-electron chi connectivity index (χ4n) is 5.89. The molecule has 0 saturated heterocycles. The maximum absolute atomic E-state index is 13.7. The highest BCUT2D eigenvalue weighted by atomic mass is 35.5. The van der Waals surface area contributed by atoms with E-state index in [-0.39, 0.29) is 29.2 Å². The number of halogens is 1. The minimum atomic E-state index is -0.184. The minimum Gasteiger partial charge on any atom is -0.360 e. The molecule has 7 nitrogen and oxygen atoms in total. The highest BCUT2D eigenvalue weighted by Gasteiger charge is 2.28. The van der Waals surface area contributed by atoms with E-state index < -0.39 is 0 Å². The number of hydrogen-bond donors (Lipinski definition) is 1. The predicted octanol–water partition coefficient (Wildman–Crippen LogP) is 6.50. The first kappa shape index (κ1) is 26.0. The lowest BCUT2D eigenvalue weighted by molar-refractivity contribution is 0.0939. The van der Waals surface area contributed by atoms with Gasteiger partial charge in [0.05, 0.1) is 10.5 Å². The fraction of sp³-hybridized carbons (Fsp3) is 0.250. The van der Waals surface area contributed by atoms with Crippen LogP contribution in [0.2, 0.25) is 5.02 Å². The number of benzene rings is 3. The molecule has 2 atom stereocenters. The lowest BCUT2D eigenvalue weighted by Crippen LogP contribution is -2.34. The van der Waals surface area contributed by atoms with Crippen LogP contribution in [0.1, 0.15) is 63.8 Å². The number of pyridine rings is 1. The zero-order valence-electron chi connectivity index (χ0n) is 22.0. The summed E-state index contributed by atoms with van der Waals surface area (Å²) in [5, 5.41) is 8.91. The summed E-state index contributed by atoms with van der Waals surface area (Å²) in [6.45, 7) is 2.25. The minimum absolute atomic E-state index is 0.0360. The van der Waals surface area contributed by atoms with Crippen molar-refractivity contribution in [3.8, 4) is 0 Å². The molecule has 1 aliphatic carbocycles. The highest BCUT2D eigenvalue weighted by Crippen LogP contribution is 2.37. The molecule has 202 valence electrons. The Morgan fingerprint density at radius 1 is 0.950 bits per heavy atom. The van der Waals surface area contributed by atoms with Crippen LogP contribution in [0.4, 0.5) is 0 Å². The molecule has 6 rings (SSSR count). The zero-order valence-corrected chi connectivity index (χ0v) is 22.8. The third kappa shape index (κ3) is 4.71. The van der Waals surface area contributed by atoms with Gasteiger partial charge in [0.15, 0.2) is 5.78 Å². The van der Waals surface area contributed by atoms with Gasteiger partial charge in [0.25, 0.3) is 11.5 Å². The number of carbonyl (C=O) groups excluding carboxylic acids is 2. The van der Waals surface area contributed by atoms with E-state index in [0.29, 0.717) is 44.9 Å². The third-order valence-corrected chi connectivity index (χ3v) is 8.22. The second-order valence-corrected chi connectivity index (χ2v) is 10.8. The van der Waals surface area contributed by atoms with E-state index in [4.69, 9.17) is 16.1 Å². The molecule has 2 heterocycles. The summed E-state index contributed by atoms with van der Waals surface area (Å²) in [5.74, 6) is 0.426. The predicted molar refractivity (Wildman–Crippen MR) is 155 cm³/mol. The standard InChI is InChI=1S/C32H28ClN3O4/c1-19-27-29(35-40-19)28-25(33)11-6-12-26(28)36(32(27)39)24-10-5-7-20(17-24)18-34-31(38)23-15-13-22(14-16-23)30(37)21-8-3-2-4-9-21/h2-4,6,8-9,11-16,20,24H,5,7,10,17-18H2,1H3,(H,34,38)/t20-,24+/m0/s1. The highest BCUT2D eigenvalue weighted by molar-refractivity contribution is 6.37. The summed E-state index contributed by atoms with van der Waals surface area (Å²) >= 11 is 6.57. The Labute approximate surface area is 235 Å². The first-order chi connectivity index (χ1) is 19.4. The molecule has 40 heavy (non-hydrogen) atoms. The van der Waals surface area contributed by atoms with Crippen LogP contribution in [0, 0.1) is 12.8 Å². The molecule has 0 spiro atoms. The number of ketones is 1. The van der Waals surface area contributed by atoms with E-state index in [9.17, 15) is 14.4 Å². The summed E-state index contributed by atoms with van der Waals surface area (Å²) in [4.78, 5) is 39.3. The Kier molecular flexibility index (Phi) is 6.98. The van der Waals surface area contributed by atoms with Crippen molar-refractivity contribution in [2.75, 3.05) is 6.54 Å². The summed E-state index contributed by atoms with van der Waals surface area (Å²) in [6, 6.07) is 21.3. The lowest BCUT2D eigenvalue weighted by atomic mass is 9.85. The van der Waals surface area contributed by atoms with Crippen molar-refractivity contribution in [2.45, 2.75) is 38.6 Å². The van der Waals surface area contributed by atoms with Crippen LogP contribution in [0.3, 0.4) is 0 Å². The molecule has 1 amide bonds. The first-order valence-corrected chi connectivity index (χ1v) is 13.9.